The summed E-state index contributed by atoms with van der Waals surface area (Å²) in [5.74, 6) is -0.109. The summed E-state index contributed by atoms with van der Waals surface area (Å²) < 4.78 is 5.46. The Kier molecular flexibility index (Phi) is 3.17. The average Bonchev–Trinajstić information content (AvgIpc) is 2.67. The Bertz CT molecular complexity index is 546. The molecule has 2 aromatic rings. The van der Waals surface area contributed by atoms with E-state index in [9.17, 15) is 4.79 Å². The molecule has 0 saturated heterocycles. The normalized spacial score (nSPS) is 10.4. The highest BCUT2D eigenvalue weighted by Gasteiger charge is 2.15. The van der Waals surface area contributed by atoms with Gasteiger partial charge in [-0.1, -0.05) is 23.7 Å². The Morgan fingerprint density at radius 3 is 2.69 bits per heavy atom. The minimum Gasteiger partial charge on any atom is -0.457 e. The van der Waals surface area contributed by atoms with E-state index in [0.29, 0.717) is 20.8 Å². The van der Waals surface area contributed by atoms with Gasteiger partial charge in [0.25, 0.3) is 0 Å². The zero-order valence-corrected chi connectivity index (χ0v) is 10.8. The number of furan rings is 1. The molecule has 0 fully saturated rings. The molecule has 0 amide bonds. The van der Waals surface area contributed by atoms with E-state index >= 15 is 0 Å². The van der Waals surface area contributed by atoms with Gasteiger partial charge in [-0.15, -0.1) is 0 Å². The lowest BCUT2D eigenvalue weighted by atomic mass is 10.0. The van der Waals surface area contributed by atoms with Crippen LogP contribution in [0, 0.1) is 6.92 Å². The zero-order valence-electron chi connectivity index (χ0n) is 8.46. The van der Waals surface area contributed by atoms with Crippen LogP contribution in [-0.2, 0) is 0 Å². The summed E-state index contributed by atoms with van der Waals surface area (Å²) in [4.78, 5) is 12.0. The van der Waals surface area contributed by atoms with E-state index < -0.39 is 0 Å². The van der Waals surface area contributed by atoms with E-state index in [-0.39, 0.29) is 5.78 Å². The van der Waals surface area contributed by atoms with Gasteiger partial charge in [0, 0.05) is 10.6 Å². The van der Waals surface area contributed by atoms with E-state index in [1.807, 2.05) is 13.0 Å². The third-order valence-electron chi connectivity index (χ3n) is 2.30. The summed E-state index contributed by atoms with van der Waals surface area (Å²) >= 11 is 9.15. The molecule has 0 unspecified atom stereocenters. The van der Waals surface area contributed by atoms with E-state index in [1.165, 1.54) is 6.26 Å². The van der Waals surface area contributed by atoms with Crippen molar-refractivity contribution >= 4 is 33.3 Å². The lowest BCUT2D eigenvalue weighted by Crippen LogP contribution is -2.00. The largest absolute Gasteiger partial charge is 0.457 e. The Morgan fingerprint density at radius 2 is 2.12 bits per heavy atom. The molecular weight excluding hydrogens is 291 g/mol. The monoisotopic (exact) mass is 298 g/mol. The molecule has 0 saturated carbocycles. The molecule has 1 aromatic carbocycles. The van der Waals surface area contributed by atoms with Crippen molar-refractivity contribution in [3.8, 4) is 0 Å². The second-order valence-corrected chi connectivity index (χ2v) is 4.53. The van der Waals surface area contributed by atoms with Crippen molar-refractivity contribution in [3.05, 3.63) is 56.9 Å². The highest BCUT2D eigenvalue weighted by molar-refractivity contribution is 9.10. The Balaban J connectivity index is 2.42. The highest BCUT2D eigenvalue weighted by Crippen LogP contribution is 2.23. The summed E-state index contributed by atoms with van der Waals surface area (Å²) in [7, 11) is 0. The van der Waals surface area contributed by atoms with E-state index in [1.54, 1.807) is 18.2 Å². The minimum atomic E-state index is -0.109. The number of carbonyl (C=O) groups excluding carboxylic acids is 1. The van der Waals surface area contributed by atoms with Gasteiger partial charge >= 0.3 is 0 Å². The molecule has 1 aromatic heterocycles. The fourth-order valence-corrected chi connectivity index (χ4v) is 1.95. The van der Waals surface area contributed by atoms with Gasteiger partial charge < -0.3 is 4.42 Å². The smallest absolute Gasteiger partial charge is 0.197 e. The summed E-state index contributed by atoms with van der Waals surface area (Å²) in [5, 5.41) is 0.588. The Morgan fingerprint density at radius 1 is 1.38 bits per heavy atom. The fraction of sp³-hybridized carbons (Fsp3) is 0.0833. The maximum Gasteiger partial charge on any atom is 0.197 e. The lowest BCUT2D eigenvalue weighted by Gasteiger charge is -2.02. The predicted octanol–water partition coefficient (Wildman–Crippen LogP) is 4.23. The Labute approximate surface area is 106 Å². The van der Waals surface area contributed by atoms with Crippen LogP contribution in [0.2, 0.25) is 5.02 Å². The SMILES string of the molecule is Cc1ccc(C(=O)c2ccoc2Br)cc1Cl. The molecule has 0 atom stereocenters. The first-order valence-corrected chi connectivity index (χ1v) is 5.80. The molecule has 0 aliphatic rings. The van der Waals surface area contributed by atoms with E-state index in [2.05, 4.69) is 15.9 Å². The third-order valence-corrected chi connectivity index (χ3v) is 3.32. The quantitative estimate of drug-likeness (QED) is 0.777. The first-order valence-electron chi connectivity index (χ1n) is 4.63. The first kappa shape index (κ1) is 11.4. The fourth-order valence-electron chi connectivity index (χ4n) is 1.35. The van der Waals surface area contributed by atoms with Gasteiger partial charge in [0.05, 0.1) is 11.8 Å². The van der Waals surface area contributed by atoms with Gasteiger partial charge in [0.2, 0.25) is 0 Å². The molecule has 0 bridgehead atoms. The molecule has 0 spiro atoms. The summed E-state index contributed by atoms with van der Waals surface area (Å²) in [6, 6.07) is 6.87. The second kappa shape index (κ2) is 4.44. The molecular formula is C12H8BrClO2. The van der Waals surface area contributed by atoms with Crippen molar-refractivity contribution in [2.45, 2.75) is 6.92 Å². The maximum absolute atomic E-state index is 12.0. The van der Waals surface area contributed by atoms with Crippen molar-refractivity contribution in [1.29, 1.82) is 0 Å². The molecule has 2 nitrogen and oxygen atoms in total. The molecule has 0 N–H and O–H groups in total. The standard InChI is InChI=1S/C12H8BrClO2/c1-7-2-3-8(6-10(7)14)11(15)9-4-5-16-12(9)13/h2-6H,1H3. The number of carbonyl (C=O) groups is 1. The van der Waals surface area contributed by atoms with Gasteiger partial charge in [0.1, 0.15) is 0 Å². The van der Waals surface area contributed by atoms with Gasteiger partial charge in [-0.3, -0.25) is 4.79 Å². The van der Waals surface area contributed by atoms with Crippen molar-refractivity contribution in [3.63, 3.8) is 0 Å². The number of halogens is 2. The molecule has 0 radical (unpaired) electrons. The molecule has 0 aliphatic carbocycles. The number of rotatable bonds is 2. The van der Waals surface area contributed by atoms with Crippen LogP contribution >= 0.6 is 27.5 Å². The Hall–Kier alpha value is -1.06. The topological polar surface area (TPSA) is 30.2 Å². The van der Waals surface area contributed by atoms with Crippen LogP contribution in [0.3, 0.4) is 0 Å². The highest BCUT2D eigenvalue weighted by atomic mass is 79.9. The van der Waals surface area contributed by atoms with Crippen molar-refractivity contribution in [2.24, 2.45) is 0 Å². The lowest BCUT2D eigenvalue weighted by molar-refractivity contribution is 0.103. The van der Waals surface area contributed by atoms with Crippen LogP contribution in [0.4, 0.5) is 0 Å². The van der Waals surface area contributed by atoms with Crippen molar-refractivity contribution in [1.82, 2.24) is 0 Å². The second-order valence-electron chi connectivity index (χ2n) is 3.40. The van der Waals surface area contributed by atoms with E-state index in [4.69, 9.17) is 16.0 Å². The van der Waals surface area contributed by atoms with Crippen LogP contribution in [-0.4, -0.2) is 5.78 Å². The molecule has 2 rings (SSSR count). The van der Waals surface area contributed by atoms with Crippen LogP contribution in [0.1, 0.15) is 21.5 Å². The molecule has 1 heterocycles. The van der Waals surface area contributed by atoms with Gasteiger partial charge in [0.15, 0.2) is 10.5 Å². The van der Waals surface area contributed by atoms with Crippen molar-refractivity contribution in [2.75, 3.05) is 0 Å². The third kappa shape index (κ3) is 2.06. The number of benzene rings is 1. The predicted molar refractivity (Wildman–Crippen MR) is 66.0 cm³/mol. The van der Waals surface area contributed by atoms with Crippen LogP contribution < -0.4 is 0 Å². The van der Waals surface area contributed by atoms with Crippen LogP contribution in [0.15, 0.2) is 39.6 Å². The average molecular weight is 300 g/mol. The number of hydrogen-bond donors (Lipinski definition) is 0. The number of ketones is 1. The number of hydrogen-bond acceptors (Lipinski definition) is 2. The van der Waals surface area contributed by atoms with Crippen LogP contribution in [0.5, 0.6) is 0 Å². The summed E-state index contributed by atoms with van der Waals surface area (Å²) in [6.07, 6.45) is 1.47. The van der Waals surface area contributed by atoms with E-state index in [0.717, 1.165) is 5.56 Å². The maximum atomic E-state index is 12.0. The van der Waals surface area contributed by atoms with Gasteiger partial charge in [-0.05, 0) is 40.5 Å². The first-order chi connectivity index (χ1) is 7.59. The van der Waals surface area contributed by atoms with Crippen molar-refractivity contribution < 1.29 is 9.21 Å². The summed E-state index contributed by atoms with van der Waals surface area (Å²) in [5.41, 5.74) is 2.00. The van der Waals surface area contributed by atoms with Gasteiger partial charge in [-0.2, -0.15) is 0 Å². The summed E-state index contributed by atoms with van der Waals surface area (Å²) in [6.45, 7) is 1.89. The van der Waals surface area contributed by atoms with Crippen LogP contribution in [0.25, 0.3) is 0 Å². The molecule has 82 valence electrons. The molecule has 0 aliphatic heterocycles. The minimum absolute atomic E-state index is 0.109. The molecule has 4 heteroatoms. The van der Waals surface area contributed by atoms with Gasteiger partial charge in [-0.25, -0.2) is 0 Å². The molecule has 16 heavy (non-hydrogen) atoms. The zero-order chi connectivity index (χ0) is 11.7. The number of aryl methyl sites for hydroxylation is 1.